The number of nitrogens with one attached hydrogen (secondary N) is 7. The van der Waals surface area contributed by atoms with Crippen molar-refractivity contribution in [2.75, 3.05) is 44.9 Å². The first-order valence-corrected chi connectivity index (χ1v) is 24.6. The maximum atomic E-state index is 13.7. The van der Waals surface area contributed by atoms with Crippen molar-refractivity contribution < 1.29 is 67.0 Å². The summed E-state index contributed by atoms with van der Waals surface area (Å²) in [6.45, 7) is 11.5. The van der Waals surface area contributed by atoms with Crippen LogP contribution in [0.5, 0.6) is 0 Å². The second-order valence-corrected chi connectivity index (χ2v) is 18.8. The van der Waals surface area contributed by atoms with E-state index in [0.717, 1.165) is 12.8 Å². The average molecular weight is 994 g/mol. The molecule has 1 aromatic rings. The summed E-state index contributed by atoms with van der Waals surface area (Å²) in [5.74, 6) is -8.53. The lowest BCUT2D eigenvalue weighted by Gasteiger charge is -2.28. The van der Waals surface area contributed by atoms with Crippen molar-refractivity contribution in [1.29, 1.82) is 0 Å². The molecule has 21 heteroatoms. The van der Waals surface area contributed by atoms with Gasteiger partial charge in [0.25, 0.3) is 0 Å². The highest BCUT2D eigenvalue weighted by Crippen LogP contribution is 2.38. The van der Waals surface area contributed by atoms with Crippen LogP contribution in [0.2, 0.25) is 0 Å². The van der Waals surface area contributed by atoms with Crippen molar-refractivity contribution in [1.82, 2.24) is 31.9 Å². The van der Waals surface area contributed by atoms with Crippen LogP contribution >= 0.6 is 0 Å². The lowest BCUT2D eigenvalue weighted by atomic mass is 9.82. The van der Waals surface area contributed by atoms with Gasteiger partial charge in [0, 0.05) is 49.6 Å². The molecule has 7 atom stereocenters. The molecule has 1 aliphatic carbocycles. The molecule has 21 nitrogen and oxygen atoms in total. The fourth-order valence-electron chi connectivity index (χ4n) is 8.56. The number of hydrogen-bond donors (Lipinski definition) is 7. The highest BCUT2D eigenvalue weighted by Gasteiger charge is 2.48. The van der Waals surface area contributed by atoms with Crippen molar-refractivity contribution in [2.45, 2.75) is 130 Å². The average Bonchev–Trinajstić information content (AvgIpc) is 3.83. The molecule has 1 aromatic carbocycles. The van der Waals surface area contributed by atoms with Gasteiger partial charge in [0.1, 0.15) is 24.7 Å². The number of ether oxygens (including phenoxy) is 3. The number of hydrogen-bond acceptors (Lipinski definition) is 14. The quantitative estimate of drug-likeness (QED) is 0.0199. The summed E-state index contributed by atoms with van der Waals surface area (Å²) in [6, 6.07) is 0.787. The molecular formula is C50H71N7O14. The number of ketones is 2. The topological polar surface area (TPSA) is 300 Å². The third kappa shape index (κ3) is 17.8. The van der Waals surface area contributed by atoms with E-state index in [9.17, 15) is 52.7 Å². The number of imide groups is 1. The molecule has 0 saturated carbocycles. The Labute approximate surface area is 414 Å². The SMILES string of the molecule is CCOC(=O)/C=C/[C@H](C[C@@H]1CCNC1=O)NC(=O)[C@H](CC(C)C)NC(=O)[C@@H](NC(=O)[C@H](C)NC(=O)CCCCCCOCCOCC(=O)Nc1cccc2c1C(=O)C(C1CCC(=O)NC1=O)C2=O)C(C)C. The number of rotatable bonds is 29. The molecule has 8 amide bonds. The van der Waals surface area contributed by atoms with E-state index in [2.05, 4.69) is 37.2 Å². The lowest BCUT2D eigenvalue weighted by Crippen LogP contribution is -2.58. The van der Waals surface area contributed by atoms with Gasteiger partial charge in [-0.15, -0.1) is 0 Å². The largest absolute Gasteiger partial charge is 0.463 e. The number of benzene rings is 1. The van der Waals surface area contributed by atoms with Gasteiger partial charge in [-0.05, 0) is 70.3 Å². The van der Waals surface area contributed by atoms with Gasteiger partial charge >= 0.3 is 5.97 Å². The van der Waals surface area contributed by atoms with Crippen molar-refractivity contribution >= 4 is 70.5 Å². The zero-order valence-electron chi connectivity index (χ0n) is 41.6. The Hall–Kier alpha value is -6.35. The van der Waals surface area contributed by atoms with Gasteiger partial charge in [-0.1, -0.05) is 58.7 Å². The van der Waals surface area contributed by atoms with Crippen LogP contribution in [0.25, 0.3) is 0 Å². The summed E-state index contributed by atoms with van der Waals surface area (Å²) in [6.07, 6.45) is 6.79. The van der Waals surface area contributed by atoms with E-state index < -0.39 is 89.0 Å². The van der Waals surface area contributed by atoms with Gasteiger partial charge in [-0.2, -0.15) is 0 Å². The monoisotopic (exact) mass is 994 g/mol. The summed E-state index contributed by atoms with van der Waals surface area (Å²) in [5, 5.41) is 18.6. The summed E-state index contributed by atoms with van der Waals surface area (Å²) in [4.78, 5) is 141. The second-order valence-electron chi connectivity index (χ2n) is 18.8. The molecule has 0 radical (unpaired) electrons. The third-order valence-electron chi connectivity index (χ3n) is 12.3. The van der Waals surface area contributed by atoms with Crippen molar-refractivity contribution in [3.8, 4) is 0 Å². The second kappa shape index (κ2) is 28.5. The molecule has 2 heterocycles. The van der Waals surface area contributed by atoms with E-state index in [1.54, 1.807) is 20.8 Å². The van der Waals surface area contributed by atoms with Crippen molar-refractivity contribution in [2.24, 2.45) is 29.6 Å². The highest BCUT2D eigenvalue weighted by atomic mass is 16.5. The molecule has 0 bridgehead atoms. The van der Waals surface area contributed by atoms with Gasteiger partial charge < -0.3 is 46.1 Å². The van der Waals surface area contributed by atoms with Gasteiger partial charge in [0.2, 0.25) is 47.3 Å². The molecule has 3 aliphatic rings. The predicted molar refractivity (Wildman–Crippen MR) is 257 cm³/mol. The van der Waals surface area contributed by atoms with Gasteiger partial charge in [-0.3, -0.25) is 53.3 Å². The Morgan fingerprint density at radius 2 is 1.51 bits per heavy atom. The van der Waals surface area contributed by atoms with Gasteiger partial charge in [0.15, 0.2) is 11.6 Å². The molecule has 390 valence electrons. The molecule has 0 spiro atoms. The standard InChI is InChI=1S/C50H71N7O14/c1-7-71-40(61)19-16-32(26-31-20-21-51-47(31)65)53-49(67)36(25-28(2)3)55-50(68)43(29(4)5)57-46(64)30(6)52-37(58)15-10-8-9-11-22-69-23-24-70-27-39(60)54-35-14-12-13-33-41(35)45(63)42(44(33)62)34-17-18-38(59)56-48(34)66/h12-14,16,19,28-32,34,36,42-43H,7-11,15,17-18,20-27H2,1-6H3,(H,51,65)(H,52,58)(H,53,67)(H,54,60)(H,55,68)(H,57,64)(H,56,59,66)/b19-16+/t30-,31-,32+,34?,36-,42?,43-/m0/s1. The van der Waals surface area contributed by atoms with Crippen molar-refractivity contribution in [3.05, 3.63) is 41.5 Å². The van der Waals surface area contributed by atoms with Crippen LogP contribution in [0.15, 0.2) is 30.4 Å². The first-order chi connectivity index (χ1) is 33.8. The van der Waals surface area contributed by atoms with Gasteiger partial charge in [0.05, 0.1) is 42.9 Å². The molecule has 7 N–H and O–H groups in total. The molecule has 2 fully saturated rings. The van der Waals surface area contributed by atoms with E-state index in [-0.39, 0.29) is 105 Å². The Bertz CT molecular complexity index is 2160. The summed E-state index contributed by atoms with van der Waals surface area (Å²) in [5.41, 5.74) is 0.274. The normalized spacial score (nSPS) is 19.4. The zero-order chi connectivity index (χ0) is 52.2. The molecular weight excluding hydrogens is 923 g/mol. The minimum Gasteiger partial charge on any atom is -0.463 e. The van der Waals surface area contributed by atoms with Crippen LogP contribution in [0.1, 0.15) is 126 Å². The van der Waals surface area contributed by atoms with Crippen LogP contribution < -0.4 is 37.2 Å². The minimum atomic E-state index is -1.26. The molecule has 2 aliphatic heterocycles. The van der Waals surface area contributed by atoms with Crippen LogP contribution in [-0.2, 0) is 57.4 Å². The van der Waals surface area contributed by atoms with E-state index in [0.29, 0.717) is 32.4 Å². The van der Waals surface area contributed by atoms with Crippen LogP contribution in [0.4, 0.5) is 5.69 Å². The Morgan fingerprint density at radius 1 is 0.775 bits per heavy atom. The van der Waals surface area contributed by atoms with E-state index >= 15 is 0 Å². The minimum absolute atomic E-state index is 0.0145. The number of amides is 8. The molecule has 2 saturated heterocycles. The molecule has 0 aromatic heterocycles. The number of carbonyl (C=O) groups excluding carboxylic acids is 11. The zero-order valence-corrected chi connectivity index (χ0v) is 41.6. The number of unbranched alkanes of at least 4 members (excludes halogenated alkanes) is 3. The summed E-state index contributed by atoms with van der Waals surface area (Å²) in [7, 11) is 0. The molecule has 4 rings (SSSR count). The van der Waals surface area contributed by atoms with E-state index in [1.165, 1.54) is 37.3 Å². The lowest BCUT2D eigenvalue weighted by molar-refractivity contribution is -0.138. The summed E-state index contributed by atoms with van der Waals surface area (Å²) >= 11 is 0. The number of fused-ring (bicyclic) bond motifs is 1. The number of piperidine rings is 1. The first kappa shape index (κ1) is 57.2. The maximum Gasteiger partial charge on any atom is 0.330 e. The maximum absolute atomic E-state index is 13.7. The first-order valence-electron chi connectivity index (χ1n) is 24.6. The van der Waals surface area contributed by atoms with Gasteiger partial charge in [-0.25, -0.2) is 4.79 Å². The van der Waals surface area contributed by atoms with E-state index in [4.69, 9.17) is 14.2 Å². The fourth-order valence-corrected chi connectivity index (χ4v) is 8.56. The van der Waals surface area contributed by atoms with Crippen molar-refractivity contribution in [3.63, 3.8) is 0 Å². The molecule has 71 heavy (non-hydrogen) atoms. The van der Waals surface area contributed by atoms with Crippen LogP contribution in [-0.4, -0.2) is 129 Å². The number of esters is 1. The summed E-state index contributed by atoms with van der Waals surface area (Å²) < 4.78 is 16.0. The highest BCUT2D eigenvalue weighted by molar-refractivity contribution is 6.30. The third-order valence-corrected chi connectivity index (χ3v) is 12.3. The molecule has 2 unspecified atom stereocenters. The smallest absolute Gasteiger partial charge is 0.330 e. The van der Waals surface area contributed by atoms with Crippen LogP contribution in [0, 0.1) is 29.6 Å². The fraction of sp³-hybridized carbons (Fsp3) is 0.620. The van der Waals surface area contributed by atoms with Crippen LogP contribution in [0.3, 0.4) is 0 Å². The number of carbonyl (C=O) groups is 11. The van der Waals surface area contributed by atoms with E-state index in [1.807, 2.05) is 13.8 Å². The Morgan fingerprint density at radius 3 is 2.18 bits per heavy atom. The Kier molecular flexibility index (Phi) is 23.0. The number of Topliss-reactive ketones (excluding diaryl/α,β-unsaturated/α-hetero) is 2. The number of anilines is 1. The Balaban J connectivity index is 1.11. The predicted octanol–water partition coefficient (Wildman–Crippen LogP) is 1.96.